The number of amides is 2. The molecule has 128 valence electrons. The van der Waals surface area contributed by atoms with Crippen molar-refractivity contribution in [3.05, 3.63) is 69.9 Å². The van der Waals surface area contributed by atoms with Crippen molar-refractivity contribution in [3.8, 4) is 6.07 Å². The van der Waals surface area contributed by atoms with Crippen LogP contribution in [0, 0.1) is 17.1 Å². The molecule has 5 nitrogen and oxygen atoms in total. The number of carbonyl (C=O) groups excluding carboxylic acids is 2. The zero-order chi connectivity index (χ0) is 18.2. The number of nitriles is 1. The van der Waals surface area contributed by atoms with Crippen molar-refractivity contribution in [2.45, 2.75) is 12.5 Å². The minimum Gasteiger partial charge on any atom is -0.352 e. The second kappa shape index (κ2) is 8.94. The second-order valence-electron chi connectivity index (χ2n) is 5.16. The molecule has 0 aliphatic carbocycles. The molecule has 2 amide bonds. The fraction of sp³-hybridized carbons (Fsp3) is 0.167. The molecular formula is C18H15BrFN3O2. The molecule has 2 rings (SSSR count). The minimum atomic E-state index is -1.07. The Morgan fingerprint density at radius 2 is 1.84 bits per heavy atom. The van der Waals surface area contributed by atoms with Crippen LogP contribution in [0.15, 0.2) is 53.0 Å². The fourth-order valence-corrected chi connectivity index (χ4v) is 2.38. The van der Waals surface area contributed by atoms with Crippen LogP contribution in [0.1, 0.15) is 28.4 Å². The van der Waals surface area contributed by atoms with E-state index in [1.807, 2.05) is 6.07 Å². The fourth-order valence-electron chi connectivity index (χ4n) is 2.11. The Morgan fingerprint density at radius 3 is 2.48 bits per heavy atom. The number of rotatable bonds is 6. The maximum absolute atomic E-state index is 13.7. The molecule has 0 aliphatic rings. The van der Waals surface area contributed by atoms with Gasteiger partial charge in [0.15, 0.2) is 0 Å². The number of halogens is 2. The standard InChI is InChI=1S/C18H15BrFN3O2/c19-13-7-5-12(6-8-13)18(25)22-10-9-17(24)23-16(11-21)14-3-1-2-4-15(14)20/h1-8,16H,9-10H2,(H,22,25)(H,23,24). The Hall–Kier alpha value is -2.72. The number of carbonyl (C=O) groups is 2. The van der Waals surface area contributed by atoms with Gasteiger partial charge in [-0.15, -0.1) is 0 Å². The van der Waals surface area contributed by atoms with Crippen molar-refractivity contribution in [3.63, 3.8) is 0 Å². The van der Waals surface area contributed by atoms with Gasteiger partial charge in [-0.25, -0.2) is 4.39 Å². The van der Waals surface area contributed by atoms with Gasteiger partial charge in [0.2, 0.25) is 5.91 Å². The van der Waals surface area contributed by atoms with Crippen LogP contribution in [0.2, 0.25) is 0 Å². The maximum atomic E-state index is 13.7. The molecule has 2 aromatic carbocycles. The molecule has 0 radical (unpaired) electrons. The van der Waals surface area contributed by atoms with Crippen molar-refractivity contribution in [1.29, 1.82) is 5.26 Å². The Labute approximate surface area is 153 Å². The van der Waals surface area contributed by atoms with Crippen LogP contribution in [0.25, 0.3) is 0 Å². The molecule has 0 aromatic heterocycles. The van der Waals surface area contributed by atoms with Crippen LogP contribution in [0.3, 0.4) is 0 Å². The van der Waals surface area contributed by atoms with Crippen molar-refractivity contribution in [2.24, 2.45) is 0 Å². The van der Waals surface area contributed by atoms with Crippen LogP contribution < -0.4 is 10.6 Å². The SMILES string of the molecule is N#CC(NC(=O)CCNC(=O)c1ccc(Br)cc1)c1ccccc1F. The van der Waals surface area contributed by atoms with Crippen molar-refractivity contribution >= 4 is 27.7 Å². The van der Waals surface area contributed by atoms with Crippen molar-refractivity contribution < 1.29 is 14.0 Å². The third-order valence-corrected chi connectivity index (χ3v) is 3.92. The molecule has 7 heteroatoms. The van der Waals surface area contributed by atoms with E-state index >= 15 is 0 Å². The largest absolute Gasteiger partial charge is 0.352 e. The Morgan fingerprint density at radius 1 is 1.16 bits per heavy atom. The normalized spacial score (nSPS) is 11.2. The zero-order valence-corrected chi connectivity index (χ0v) is 14.7. The minimum absolute atomic E-state index is 0.0189. The number of benzene rings is 2. The molecule has 0 saturated heterocycles. The van der Waals surface area contributed by atoms with Crippen LogP contribution in [0.5, 0.6) is 0 Å². The molecule has 0 aliphatic heterocycles. The lowest BCUT2D eigenvalue weighted by Crippen LogP contribution is -2.32. The van der Waals surface area contributed by atoms with Gasteiger partial charge in [-0.2, -0.15) is 5.26 Å². The van der Waals surface area contributed by atoms with Gasteiger partial charge in [0, 0.05) is 28.6 Å². The summed E-state index contributed by atoms with van der Waals surface area (Å²) < 4.78 is 14.5. The molecule has 2 aromatic rings. The third-order valence-electron chi connectivity index (χ3n) is 3.39. The highest BCUT2D eigenvalue weighted by atomic mass is 79.9. The Kier molecular flexibility index (Phi) is 6.66. The monoisotopic (exact) mass is 403 g/mol. The van der Waals surface area contributed by atoms with E-state index in [1.165, 1.54) is 18.2 Å². The molecular weight excluding hydrogens is 389 g/mol. The first-order valence-corrected chi connectivity index (χ1v) is 8.27. The van der Waals surface area contributed by atoms with Crippen LogP contribution >= 0.6 is 15.9 Å². The maximum Gasteiger partial charge on any atom is 0.251 e. The Balaban J connectivity index is 1.84. The van der Waals surface area contributed by atoms with E-state index in [4.69, 9.17) is 5.26 Å². The number of hydrogen-bond acceptors (Lipinski definition) is 3. The smallest absolute Gasteiger partial charge is 0.251 e. The van der Waals surface area contributed by atoms with Gasteiger partial charge in [0.05, 0.1) is 6.07 Å². The van der Waals surface area contributed by atoms with E-state index in [2.05, 4.69) is 26.6 Å². The molecule has 0 heterocycles. The third kappa shape index (κ3) is 5.40. The second-order valence-corrected chi connectivity index (χ2v) is 6.08. The molecule has 25 heavy (non-hydrogen) atoms. The van der Waals surface area contributed by atoms with E-state index in [0.717, 1.165) is 4.47 Å². The number of nitrogens with one attached hydrogen (secondary N) is 2. The molecule has 0 spiro atoms. The summed E-state index contributed by atoms with van der Waals surface area (Å²) in [6, 6.07) is 13.3. The summed E-state index contributed by atoms with van der Waals surface area (Å²) in [5, 5.41) is 14.2. The highest BCUT2D eigenvalue weighted by Gasteiger charge is 2.17. The van der Waals surface area contributed by atoms with E-state index in [1.54, 1.807) is 30.3 Å². The van der Waals surface area contributed by atoms with Gasteiger partial charge < -0.3 is 10.6 Å². The van der Waals surface area contributed by atoms with E-state index in [9.17, 15) is 14.0 Å². The number of nitrogens with zero attached hydrogens (tertiary/aromatic N) is 1. The average Bonchev–Trinajstić information content (AvgIpc) is 2.61. The first-order valence-electron chi connectivity index (χ1n) is 7.48. The van der Waals surface area contributed by atoms with Crippen LogP contribution in [-0.2, 0) is 4.79 Å². The predicted octanol–water partition coefficient (Wildman–Crippen LogP) is 3.09. The lowest BCUT2D eigenvalue weighted by atomic mass is 10.1. The first-order chi connectivity index (χ1) is 12.0. The highest BCUT2D eigenvalue weighted by molar-refractivity contribution is 9.10. The highest BCUT2D eigenvalue weighted by Crippen LogP contribution is 2.16. The molecule has 0 bridgehead atoms. The summed E-state index contributed by atoms with van der Waals surface area (Å²) in [5.41, 5.74) is 0.585. The van der Waals surface area contributed by atoms with E-state index in [0.29, 0.717) is 5.56 Å². The van der Waals surface area contributed by atoms with Gasteiger partial charge in [-0.05, 0) is 30.3 Å². The Bertz CT molecular complexity index is 803. The van der Waals surface area contributed by atoms with Gasteiger partial charge in [-0.3, -0.25) is 9.59 Å². The van der Waals surface area contributed by atoms with E-state index < -0.39 is 17.8 Å². The molecule has 2 N–H and O–H groups in total. The van der Waals surface area contributed by atoms with Gasteiger partial charge in [0.25, 0.3) is 5.91 Å². The number of hydrogen-bond donors (Lipinski definition) is 2. The topological polar surface area (TPSA) is 82.0 Å². The van der Waals surface area contributed by atoms with Gasteiger partial charge >= 0.3 is 0 Å². The summed E-state index contributed by atoms with van der Waals surface area (Å²) in [5.74, 6) is -1.31. The quantitative estimate of drug-likeness (QED) is 0.777. The molecule has 1 atom stereocenters. The van der Waals surface area contributed by atoms with Gasteiger partial charge in [0.1, 0.15) is 11.9 Å². The lowest BCUT2D eigenvalue weighted by molar-refractivity contribution is -0.121. The molecule has 0 saturated carbocycles. The summed E-state index contributed by atoms with van der Waals surface area (Å²) in [6.45, 7) is 0.107. The summed E-state index contributed by atoms with van der Waals surface area (Å²) in [6.07, 6.45) is -0.0189. The first kappa shape index (κ1) is 18.6. The zero-order valence-electron chi connectivity index (χ0n) is 13.1. The van der Waals surface area contributed by atoms with Crippen molar-refractivity contribution in [1.82, 2.24) is 10.6 Å². The van der Waals surface area contributed by atoms with Crippen LogP contribution in [0.4, 0.5) is 4.39 Å². The average molecular weight is 404 g/mol. The lowest BCUT2D eigenvalue weighted by Gasteiger charge is -2.13. The summed E-state index contributed by atoms with van der Waals surface area (Å²) >= 11 is 3.28. The summed E-state index contributed by atoms with van der Waals surface area (Å²) in [7, 11) is 0. The van der Waals surface area contributed by atoms with E-state index in [-0.39, 0.29) is 24.4 Å². The van der Waals surface area contributed by atoms with Crippen LogP contribution in [-0.4, -0.2) is 18.4 Å². The molecule has 1 unspecified atom stereocenters. The predicted molar refractivity (Wildman–Crippen MR) is 94.0 cm³/mol. The van der Waals surface area contributed by atoms with Gasteiger partial charge in [-0.1, -0.05) is 34.1 Å². The molecule has 0 fully saturated rings. The summed E-state index contributed by atoms with van der Waals surface area (Å²) in [4.78, 5) is 23.8. The van der Waals surface area contributed by atoms with Crippen molar-refractivity contribution in [2.75, 3.05) is 6.54 Å².